The zero-order chi connectivity index (χ0) is 16.6. The zero-order valence-electron chi connectivity index (χ0n) is 14.7. The summed E-state index contributed by atoms with van der Waals surface area (Å²) in [6, 6.07) is 0. The van der Waals surface area contributed by atoms with Gasteiger partial charge in [0.05, 0.1) is 0 Å². The normalized spacial score (nSPS) is 10.7. The fourth-order valence-corrected chi connectivity index (χ4v) is 2.21. The van der Waals surface area contributed by atoms with E-state index in [0.29, 0.717) is 12.8 Å². The van der Waals surface area contributed by atoms with Gasteiger partial charge in [-0.25, -0.2) is 0 Å². The third kappa shape index (κ3) is 13.9. The van der Waals surface area contributed by atoms with Gasteiger partial charge in [-0.3, -0.25) is 9.59 Å². The van der Waals surface area contributed by atoms with E-state index < -0.39 is 0 Å². The fraction of sp³-hybridized carbons (Fsp3) is 0.882. The number of nitrogens with one attached hydrogen (secondary N) is 2. The van der Waals surface area contributed by atoms with Gasteiger partial charge in [0.25, 0.3) is 0 Å². The number of nitrogens with zero attached hydrogens (tertiary/aromatic N) is 1. The minimum absolute atomic E-state index is 0.168. The van der Waals surface area contributed by atoms with Gasteiger partial charge in [0, 0.05) is 25.9 Å². The van der Waals surface area contributed by atoms with Crippen molar-refractivity contribution in [1.82, 2.24) is 15.5 Å². The smallest absolute Gasteiger partial charge is 0.219 e. The minimum atomic E-state index is 0.168. The number of carbonyl (C=O) groups excluding carboxylic acids is 2. The van der Waals surface area contributed by atoms with Gasteiger partial charge in [0.2, 0.25) is 11.8 Å². The molecular weight excluding hydrogens is 278 g/mol. The molecular formula is C17H35N3O2. The molecule has 0 aliphatic heterocycles. The van der Waals surface area contributed by atoms with E-state index in [9.17, 15) is 9.59 Å². The van der Waals surface area contributed by atoms with Crippen LogP contribution in [0.15, 0.2) is 0 Å². The van der Waals surface area contributed by atoms with Gasteiger partial charge in [-0.1, -0.05) is 13.8 Å². The number of rotatable bonds is 14. The van der Waals surface area contributed by atoms with E-state index >= 15 is 0 Å². The first-order valence-electron chi connectivity index (χ1n) is 8.82. The van der Waals surface area contributed by atoms with Crippen LogP contribution in [-0.4, -0.2) is 49.9 Å². The first kappa shape index (κ1) is 20.9. The van der Waals surface area contributed by atoms with Crippen LogP contribution >= 0.6 is 0 Å². The van der Waals surface area contributed by atoms with E-state index in [-0.39, 0.29) is 11.8 Å². The van der Waals surface area contributed by atoms with E-state index in [1.165, 1.54) is 0 Å². The summed E-state index contributed by atoms with van der Waals surface area (Å²) >= 11 is 0. The standard InChI is InChI=1S/C17H35N3O2/c1-4-10-16(21)18-12-6-8-14-20(3)15-9-7-13-19-17(22)11-5-2/h4-15H2,1-3H3,(H,18,21)(H,19,22). The Labute approximate surface area is 136 Å². The molecule has 0 aliphatic carbocycles. The molecule has 0 aliphatic rings. The van der Waals surface area contributed by atoms with Gasteiger partial charge in [-0.15, -0.1) is 0 Å². The minimum Gasteiger partial charge on any atom is -0.356 e. The Morgan fingerprint density at radius 2 is 1.18 bits per heavy atom. The highest BCUT2D eigenvalue weighted by molar-refractivity contribution is 5.76. The molecule has 22 heavy (non-hydrogen) atoms. The SMILES string of the molecule is CCCC(=O)NCCCCN(C)CCCCNC(=O)CCC. The molecule has 0 saturated carbocycles. The van der Waals surface area contributed by atoms with Crippen LogP contribution in [0.5, 0.6) is 0 Å². The Kier molecular flexibility index (Phi) is 14.1. The van der Waals surface area contributed by atoms with Crippen molar-refractivity contribution in [3.8, 4) is 0 Å². The van der Waals surface area contributed by atoms with Crippen molar-refractivity contribution in [2.45, 2.75) is 65.2 Å². The van der Waals surface area contributed by atoms with Crippen LogP contribution in [0.25, 0.3) is 0 Å². The second kappa shape index (κ2) is 14.8. The lowest BCUT2D eigenvalue weighted by Crippen LogP contribution is -2.27. The highest BCUT2D eigenvalue weighted by Gasteiger charge is 2.01. The van der Waals surface area contributed by atoms with E-state index in [0.717, 1.165) is 64.7 Å². The molecule has 0 aromatic heterocycles. The molecule has 0 fully saturated rings. The molecule has 2 N–H and O–H groups in total. The summed E-state index contributed by atoms with van der Waals surface area (Å²) in [7, 11) is 2.13. The second-order valence-electron chi connectivity index (χ2n) is 5.92. The molecule has 0 atom stereocenters. The molecule has 0 heterocycles. The summed E-state index contributed by atoms with van der Waals surface area (Å²) in [6.07, 6.45) is 7.37. The summed E-state index contributed by atoms with van der Waals surface area (Å²) < 4.78 is 0. The third-order valence-electron chi connectivity index (χ3n) is 3.53. The molecule has 130 valence electrons. The lowest BCUT2D eigenvalue weighted by molar-refractivity contribution is -0.121. The van der Waals surface area contributed by atoms with Crippen molar-refractivity contribution in [3.05, 3.63) is 0 Å². The number of carbonyl (C=O) groups is 2. The molecule has 0 saturated heterocycles. The predicted octanol–water partition coefficient (Wildman–Crippen LogP) is 2.31. The maximum atomic E-state index is 11.3. The number of hydrogen-bond acceptors (Lipinski definition) is 3. The molecule has 0 radical (unpaired) electrons. The molecule has 0 spiro atoms. The summed E-state index contributed by atoms with van der Waals surface area (Å²) in [6.45, 7) is 7.73. The molecule has 0 rings (SSSR count). The highest BCUT2D eigenvalue weighted by Crippen LogP contribution is 1.97. The third-order valence-corrected chi connectivity index (χ3v) is 3.53. The average molecular weight is 313 g/mol. The summed E-state index contributed by atoms with van der Waals surface area (Å²) in [5.74, 6) is 0.335. The van der Waals surface area contributed by atoms with E-state index in [1.807, 2.05) is 13.8 Å². The fourth-order valence-electron chi connectivity index (χ4n) is 2.21. The van der Waals surface area contributed by atoms with Gasteiger partial charge in [-0.05, 0) is 58.7 Å². The zero-order valence-corrected chi connectivity index (χ0v) is 14.7. The van der Waals surface area contributed by atoms with Crippen LogP contribution in [0.4, 0.5) is 0 Å². The van der Waals surface area contributed by atoms with Gasteiger partial charge >= 0.3 is 0 Å². The lowest BCUT2D eigenvalue weighted by atomic mass is 10.2. The predicted molar refractivity (Wildman–Crippen MR) is 91.8 cm³/mol. The van der Waals surface area contributed by atoms with E-state index in [2.05, 4.69) is 22.6 Å². The quantitative estimate of drug-likeness (QED) is 0.484. The Hall–Kier alpha value is -1.10. The molecule has 2 amide bonds. The average Bonchev–Trinajstić information content (AvgIpc) is 2.47. The van der Waals surface area contributed by atoms with E-state index in [4.69, 9.17) is 0 Å². The maximum absolute atomic E-state index is 11.3. The Morgan fingerprint density at radius 3 is 1.55 bits per heavy atom. The topological polar surface area (TPSA) is 61.4 Å². The van der Waals surface area contributed by atoms with Crippen LogP contribution in [0.3, 0.4) is 0 Å². The van der Waals surface area contributed by atoms with Crippen LogP contribution in [0, 0.1) is 0 Å². The number of amides is 2. The van der Waals surface area contributed by atoms with Gasteiger partial charge in [0.1, 0.15) is 0 Å². The van der Waals surface area contributed by atoms with Gasteiger partial charge < -0.3 is 15.5 Å². The van der Waals surface area contributed by atoms with Crippen LogP contribution in [0.1, 0.15) is 65.2 Å². The van der Waals surface area contributed by atoms with E-state index in [1.54, 1.807) is 0 Å². The first-order valence-corrected chi connectivity index (χ1v) is 8.82. The van der Waals surface area contributed by atoms with Gasteiger partial charge in [0.15, 0.2) is 0 Å². The summed E-state index contributed by atoms with van der Waals surface area (Å²) in [5.41, 5.74) is 0. The van der Waals surface area contributed by atoms with Crippen LogP contribution < -0.4 is 10.6 Å². The Morgan fingerprint density at radius 1 is 0.773 bits per heavy atom. The van der Waals surface area contributed by atoms with Crippen LogP contribution in [-0.2, 0) is 9.59 Å². The second-order valence-corrected chi connectivity index (χ2v) is 5.92. The van der Waals surface area contributed by atoms with Crippen molar-refractivity contribution < 1.29 is 9.59 Å². The lowest BCUT2D eigenvalue weighted by Gasteiger charge is -2.16. The molecule has 5 heteroatoms. The summed E-state index contributed by atoms with van der Waals surface area (Å²) in [4.78, 5) is 24.9. The molecule has 5 nitrogen and oxygen atoms in total. The number of hydrogen-bond donors (Lipinski definition) is 2. The van der Waals surface area contributed by atoms with Gasteiger partial charge in [-0.2, -0.15) is 0 Å². The van der Waals surface area contributed by atoms with Crippen molar-refractivity contribution in [3.63, 3.8) is 0 Å². The Bertz CT molecular complexity index is 268. The highest BCUT2D eigenvalue weighted by atomic mass is 16.2. The molecule has 0 aromatic carbocycles. The molecule has 0 bridgehead atoms. The Balaban J connectivity index is 3.34. The van der Waals surface area contributed by atoms with Crippen molar-refractivity contribution in [1.29, 1.82) is 0 Å². The van der Waals surface area contributed by atoms with Crippen LogP contribution in [0.2, 0.25) is 0 Å². The van der Waals surface area contributed by atoms with Crippen molar-refractivity contribution in [2.75, 3.05) is 33.2 Å². The van der Waals surface area contributed by atoms with Crippen molar-refractivity contribution in [2.24, 2.45) is 0 Å². The largest absolute Gasteiger partial charge is 0.356 e. The first-order chi connectivity index (χ1) is 10.6. The molecule has 0 aromatic rings. The summed E-state index contributed by atoms with van der Waals surface area (Å²) in [5, 5.41) is 5.88. The number of unbranched alkanes of at least 4 members (excludes halogenated alkanes) is 2. The molecule has 0 unspecified atom stereocenters. The monoisotopic (exact) mass is 313 g/mol. The van der Waals surface area contributed by atoms with Crippen molar-refractivity contribution >= 4 is 11.8 Å². The maximum Gasteiger partial charge on any atom is 0.219 e.